The van der Waals surface area contributed by atoms with Gasteiger partial charge < -0.3 is 10.6 Å². The lowest BCUT2D eigenvalue weighted by Crippen LogP contribution is -2.62. The molecular formula is C17H35N3. The SMILES string of the molecule is CC(C)CN1CCN(C2(CN)CCC(C)C(C)C2)CC1. The van der Waals surface area contributed by atoms with E-state index in [0.29, 0.717) is 5.54 Å². The van der Waals surface area contributed by atoms with Crippen molar-refractivity contribution in [2.75, 3.05) is 39.3 Å². The van der Waals surface area contributed by atoms with Crippen molar-refractivity contribution in [2.45, 2.75) is 52.5 Å². The largest absolute Gasteiger partial charge is 0.329 e. The number of nitrogens with zero attached hydrogens (tertiary/aromatic N) is 2. The Kier molecular flexibility index (Phi) is 5.49. The van der Waals surface area contributed by atoms with Crippen molar-refractivity contribution < 1.29 is 0 Å². The van der Waals surface area contributed by atoms with Gasteiger partial charge in [-0.25, -0.2) is 0 Å². The molecule has 1 saturated heterocycles. The number of nitrogens with two attached hydrogens (primary N) is 1. The summed E-state index contributed by atoms with van der Waals surface area (Å²) in [6.07, 6.45) is 3.96. The van der Waals surface area contributed by atoms with Gasteiger partial charge in [0.2, 0.25) is 0 Å². The fraction of sp³-hybridized carbons (Fsp3) is 1.00. The lowest BCUT2D eigenvalue weighted by molar-refractivity contribution is -0.0126. The average Bonchev–Trinajstić information content (AvgIpc) is 2.42. The molecule has 2 fully saturated rings. The van der Waals surface area contributed by atoms with Crippen molar-refractivity contribution in [3.63, 3.8) is 0 Å². The zero-order valence-electron chi connectivity index (χ0n) is 14.1. The summed E-state index contributed by atoms with van der Waals surface area (Å²) >= 11 is 0. The molecule has 1 saturated carbocycles. The van der Waals surface area contributed by atoms with Gasteiger partial charge in [0.15, 0.2) is 0 Å². The number of hydrogen-bond donors (Lipinski definition) is 1. The highest BCUT2D eigenvalue weighted by atomic mass is 15.3. The molecule has 0 aromatic rings. The molecule has 3 atom stereocenters. The lowest BCUT2D eigenvalue weighted by atomic mass is 9.70. The van der Waals surface area contributed by atoms with Gasteiger partial charge in [-0.15, -0.1) is 0 Å². The fourth-order valence-corrected chi connectivity index (χ4v) is 4.21. The summed E-state index contributed by atoms with van der Waals surface area (Å²) < 4.78 is 0. The van der Waals surface area contributed by atoms with Gasteiger partial charge in [-0.2, -0.15) is 0 Å². The fourth-order valence-electron chi connectivity index (χ4n) is 4.21. The molecule has 1 aliphatic carbocycles. The Morgan fingerprint density at radius 2 is 1.75 bits per heavy atom. The molecule has 3 nitrogen and oxygen atoms in total. The standard InChI is InChI=1S/C17H35N3/c1-14(2)12-19-7-9-20(10-8-19)17(13-18)6-5-15(3)16(4)11-17/h14-16H,5-13,18H2,1-4H3. The maximum absolute atomic E-state index is 6.24. The Morgan fingerprint density at radius 1 is 1.10 bits per heavy atom. The lowest BCUT2D eigenvalue weighted by Gasteiger charge is -2.52. The molecular weight excluding hydrogens is 246 g/mol. The highest BCUT2D eigenvalue weighted by molar-refractivity contribution is 4.98. The van der Waals surface area contributed by atoms with Crippen LogP contribution in [0, 0.1) is 17.8 Å². The molecule has 2 aliphatic rings. The smallest absolute Gasteiger partial charge is 0.0335 e. The van der Waals surface area contributed by atoms with Gasteiger partial charge in [0.25, 0.3) is 0 Å². The van der Waals surface area contributed by atoms with Crippen molar-refractivity contribution in [3.8, 4) is 0 Å². The zero-order chi connectivity index (χ0) is 14.8. The van der Waals surface area contributed by atoms with E-state index in [1.165, 1.54) is 52.0 Å². The van der Waals surface area contributed by atoms with Crippen LogP contribution in [0.5, 0.6) is 0 Å². The van der Waals surface area contributed by atoms with Crippen LogP contribution in [0.25, 0.3) is 0 Å². The van der Waals surface area contributed by atoms with Crippen LogP contribution in [0.4, 0.5) is 0 Å². The van der Waals surface area contributed by atoms with Gasteiger partial charge in [-0.1, -0.05) is 27.7 Å². The van der Waals surface area contributed by atoms with E-state index in [2.05, 4.69) is 37.5 Å². The molecule has 1 aliphatic heterocycles. The molecule has 0 spiro atoms. The van der Waals surface area contributed by atoms with E-state index in [1.54, 1.807) is 0 Å². The second kappa shape index (κ2) is 6.76. The van der Waals surface area contributed by atoms with Crippen molar-refractivity contribution >= 4 is 0 Å². The molecule has 2 N–H and O–H groups in total. The summed E-state index contributed by atoms with van der Waals surface area (Å²) in [4.78, 5) is 5.35. The van der Waals surface area contributed by atoms with Crippen LogP contribution in [-0.4, -0.2) is 54.6 Å². The monoisotopic (exact) mass is 281 g/mol. The first-order valence-electron chi connectivity index (χ1n) is 8.64. The molecule has 3 unspecified atom stereocenters. The first kappa shape index (κ1) is 16.3. The van der Waals surface area contributed by atoms with Crippen LogP contribution >= 0.6 is 0 Å². The summed E-state index contributed by atoms with van der Waals surface area (Å²) in [7, 11) is 0. The molecule has 0 aromatic heterocycles. The molecule has 0 radical (unpaired) electrons. The Bertz CT molecular complexity index is 297. The first-order chi connectivity index (χ1) is 9.47. The van der Waals surface area contributed by atoms with Crippen LogP contribution in [0.15, 0.2) is 0 Å². The van der Waals surface area contributed by atoms with Gasteiger partial charge in [0, 0.05) is 44.8 Å². The van der Waals surface area contributed by atoms with Crippen LogP contribution in [0.1, 0.15) is 47.0 Å². The van der Waals surface area contributed by atoms with Crippen molar-refractivity contribution in [1.82, 2.24) is 9.80 Å². The Hall–Kier alpha value is -0.120. The van der Waals surface area contributed by atoms with Crippen molar-refractivity contribution in [3.05, 3.63) is 0 Å². The minimum absolute atomic E-state index is 0.301. The summed E-state index contributed by atoms with van der Waals surface area (Å²) in [6.45, 7) is 16.4. The third-order valence-corrected chi connectivity index (χ3v) is 5.78. The molecule has 0 aromatic carbocycles. The maximum Gasteiger partial charge on any atom is 0.0335 e. The van der Waals surface area contributed by atoms with Crippen molar-refractivity contribution in [1.29, 1.82) is 0 Å². The van der Waals surface area contributed by atoms with E-state index >= 15 is 0 Å². The Balaban J connectivity index is 1.93. The van der Waals surface area contributed by atoms with Gasteiger partial charge in [-0.3, -0.25) is 4.90 Å². The summed E-state index contributed by atoms with van der Waals surface area (Å²) in [5.74, 6) is 2.47. The molecule has 20 heavy (non-hydrogen) atoms. The summed E-state index contributed by atoms with van der Waals surface area (Å²) in [6, 6.07) is 0. The van der Waals surface area contributed by atoms with Crippen LogP contribution in [0.3, 0.4) is 0 Å². The predicted molar refractivity (Wildman–Crippen MR) is 86.8 cm³/mol. The van der Waals surface area contributed by atoms with E-state index < -0.39 is 0 Å². The molecule has 0 bridgehead atoms. The first-order valence-corrected chi connectivity index (χ1v) is 8.64. The zero-order valence-corrected chi connectivity index (χ0v) is 14.1. The minimum atomic E-state index is 0.301. The average molecular weight is 281 g/mol. The number of hydrogen-bond acceptors (Lipinski definition) is 3. The van der Waals surface area contributed by atoms with Crippen LogP contribution in [0.2, 0.25) is 0 Å². The normalized spacial score (nSPS) is 37.5. The van der Waals surface area contributed by atoms with Crippen molar-refractivity contribution in [2.24, 2.45) is 23.5 Å². The van der Waals surface area contributed by atoms with E-state index in [-0.39, 0.29) is 0 Å². The molecule has 118 valence electrons. The molecule has 3 heteroatoms. The highest BCUT2D eigenvalue weighted by Crippen LogP contribution is 2.39. The number of rotatable bonds is 4. The predicted octanol–water partition coefficient (Wildman–Crippen LogP) is 2.41. The van der Waals surface area contributed by atoms with Gasteiger partial charge in [-0.05, 0) is 37.0 Å². The maximum atomic E-state index is 6.24. The second-order valence-corrected chi connectivity index (χ2v) is 7.81. The third kappa shape index (κ3) is 3.55. The van der Waals surface area contributed by atoms with Gasteiger partial charge >= 0.3 is 0 Å². The Morgan fingerprint density at radius 3 is 2.25 bits per heavy atom. The van der Waals surface area contributed by atoms with E-state index in [1.807, 2.05) is 0 Å². The summed E-state index contributed by atoms with van der Waals surface area (Å²) in [5, 5.41) is 0. The highest BCUT2D eigenvalue weighted by Gasteiger charge is 2.42. The topological polar surface area (TPSA) is 32.5 Å². The van der Waals surface area contributed by atoms with Crippen LogP contribution < -0.4 is 5.73 Å². The van der Waals surface area contributed by atoms with Gasteiger partial charge in [0.1, 0.15) is 0 Å². The Labute approximate surface area is 125 Å². The second-order valence-electron chi connectivity index (χ2n) is 7.81. The van der Waals surface area contributed by atoms with E-state index in [9.17, 15) is 0 Å². The minimum Gasteiger partial charge on any atom is -0.329 e. The molecule has 2 rings (SSSR count). The van der Waals surface area contributed by atoms with Gasteiger partial charge in [0.05, 0.1) is 0 Å². The quantitative estimate of drug-likeness (QED) is 0.859. The molecule has 0 amide bonds. The van der Waals surface area contributed by atoms with E-state index in [0.717, 1.165) is 24.3 Å². The van der Waals surface area contributed by atoms with E-state index in [4.69, 9.17) is 5.73 Å². The number of piperazine rings is 1. The summed E-state index contributed by atoms with van der Waals surface area (Å²) in [5.41, 5.74) is 6.54. The third-order valence-electron chi connectivity index (χ3n) is 5.78. The van der Waals surface area contributed by atoms with Crippen LogP contribution in [-0.2, 0) is 0 Å². The molecule has 1 heterocycles.